The highest BCUT2D eigenvalue weighted by molar-refractivity contribution is 6.00. The molecule has 1 N–H and O–H groups in total. The second kappa shape index (κ2) is 15.9. The summed E-state index contributed by atoms with van der Waals surface area (Å²) >= 11 is 0. The summed E-state index contributed by atoms with van der Waals surface area (Å²) in [4.78, 5) is 17.9. The third kappa shape index (κ3) is 7.64. The van der Waals surface area contributed by atoms with E-state index in [9.17, 15) is 13.6 Å². The van der Waals surface area contributed by atoms with Gasteiger partial charge in [0.25, 0.3) is 5.91 Å². The second-order valence-electron chi connectivity index (χ2n) is 11.6. The van der Waals surface area contributed by atoms with E-state index in [1.165, 1.54) is 68.3 Å². The topological polar surface area (TPSA) is 44.8 Å². The second-order valence-corrected chi connectivity index (χ2v) is 11.6. The number of carbonyl (C=O) groups is 1. The van der Waals surface area contributed by atoms with E-state index >= 15 is 0 Å². The molecule has 1 aromatic carbocycles. The minimum absolute atomic E-state index is 0.0455. The number of hydrogen-bond donors (Lipinski definition) is 1. The molecule has 1 saturated heterocycles. The molecule has 1 amide bonds. The Morgan fingerprint density at radius 3 is 2.31 bits per heavy atom. The number of fused-ring (bicyclic) bond motifs is 1. The summed E-state index contributed by atoms with van der Waals surface area (Å²) in [5, 5.41) is 2.81. The molecule has 1 atom stereocenters. The number of hydrogen-bond acceptors (Lipinski definition) is 4. The van der Waals surface area contributed by atoms with Crippen molar-refractivity contribution in [2.24, 2.45) is 5.92 Å². The quantitative estimate of drug-likeness (QED) is 0.251. The molecular formula is C35H51F2N3O2. The number of nitrogens with one attached hydrogen (secondary N) is 1. The minimum Gasteiger partial charge on any atom is -0.494 e. The van der Waals surface area contributed by atoms with Crippen molar-refractivity contribution in [3.8, 4) is 0 Å². The fourth-order valence-corrected chi connectivity index (χ4v) is 5.85. The van der Waals surface area contributed by atoms with E-state index in [2.05, 4.69) is 56.4 Å². The first-order chi connectivity index (χ1) is 20.2. The first kappa shape index (κ1) is 33.4. The van der Waals surface area contributed by atoms with Crippen LogP contribution in [-0.2, 0) is 16.1 Å². The van der Waals surface area contributed by atoms with Gasteiger partial charge in [0.2, 0.25) is 0 Å². The van der Waals surface area contributed by atoms with Crippen LogP contribution in [0.2, 0.25) is 0 Å². The standard InChI is InChI=1S/C27H33F2N3O2.C8H18/c1-6-31(4)24(18-8-7-9-18)25-26(34-5)17(3)22(23-16(2)12-13-32(23)25)27(33)30-15-19-10-11-20(28)14-21(19)29;1-3-5-7-8-6-4-2/h10-11,14,16H,3,6-9,12-13,15H2,1-2,4-5H3,(H,30,33);3-8H2,1-2H3. The predicted molar refractivity (Wildman–Crippen MR) is 167 cm³/mol. The minimum atomic E-state index is -0.685. The van der Waals surface area contributed by atoms with Crippen LogP contribution in [0.3, 0.4) is 0 Å². The number of amides is 1. The summed E-state index contributed by atoms with van der Waals surface area (Å²) in [6.07, 6.45) is 12.7. The normalized spacial score (nSPS) is 17.9. The van der Waals surface area contributed by atoms with Crippen LogP contribution in [-0.4, -0.2) is 43.0 Å². The average Bonchev–Trinajstić information content (AvgIpc) is 3.32. The highest BCUT2D eigenvalue weighted by Gasteiger charge is 2.42. The Balaban J connectivity index is 0.000000531. The first-order valence-corrected chi connectivity index (χ1v) is 15.8. The summed E-state index contributed by atoms with van der Waals surface area (Å²) < 4.78 is 33.3. The monoisotopic (exact) mass is 583 g/mol. The number of nitrogens with zero attached hydrogens (tertiary/aromatic N) is 2. The molecule has 232 valence electrons. The fraction of sp³-hybridized carbons (Fsp3) is 0.571. The number of methoxy groups -OCH3 is 1. The molecule has 2 aliphatic heterocycles. The molecule has 2 fully saturated rings. The van der Waals surface area contributed by atoms with Gasteiger partial charge in [-0.1, -0.05) is 71.9 Å². The highest BCUT2D eigenvalue weighted by atomic mass is 19.1. The van der Waals surface area contributed by atoms with Gasteiger partial charge in [0.15, 0.2) is 5.76 Å². The van der Waals surface area contributed by atoms with E-state index in [1.807, 2.05) is 0 Å². The summed E-state index contributed by atoms with van der Waals surface area (Å²) in [7, 11) is 3.70. The van der Waals surface area contributed by atoms with Crippen molar-refractivity contribution < 1.29 is 18.3 Å². The van der Waals surface area contributed by atoms with Gasteiger partial charge in [-0.05, 0) is 50.2 Å². The van der Waals surface area contributed by atoms with Gasteiger partial charge < -0.3 is 19.9 Å². The van der Waals surface area contributed by atoms with Crippen molar-refractivity contribution in [2.75, 3.05) is 27.2 Å². The molecule has 42 heavy (non-hydrogen) atoms. The largest absolute Gasteiger partial charge is 0.494 e. The first-order valence-electron chi connectivity index (χ1n) is 15.8. The van der Waals surface area contributed by atoms with Crippen molar-refractivity contribution in [1.82, 2.24) is 15.1 Å². The lowest BCUT2D eigenvalue weighted by Crippen LogP contribution is -2.37. The van der Waals surface area contributed by atoms with Gasteiger partial charge in [0, 0.05) is 49.6 Å². The molecular weight excluding hydrogens is 532 g/mol. The van der Waals surface area contributed by atoms with E-state index in [0.717, 1.165) is 49.8 Å². The number of allylic oxidation sites excluding steroid dienone is 3. The molecule has 2 heterocycles. The Morgan fingerprint density at radius 2 is 1.79 bits per heavy atom. The average molecular weight is 584 g/mol. The van der Waals surface area contributed by atoms with E-state index in [1.54, 1.807) is 7.11 Å². The number of rotatable bonds is 12. The maximum atomic E-state index is 14.1. The summed E-state index contributed by atoms with van der Waals surface area (Å²) in [5.74, 6) is -0.906. The van der Waals surface area contributed by atoms with E-state index in [4.69, 9.17) is 4.74 Å². The Morgan fingerprint density at radius 1 is 1.12 bits per heavy atom. The van der Waals surface area contributed by atoms with Crippen molar-refractivity contribution >= 4 is 5.91 Å². The van der Waals surface area contributed by atoms with Crippen LogP contribution in [0, 0.1) is 17.6 Å². The van der Waals surface area contributed by atoms with Gasteiger partial charge in [-0.3, -0.25) is 4.79 Å². The maximum Gasteiger partial charge on any atom is 0.254 e. The van der Waals surface area contributed by atoms with Gasteiger partial charge in [-0.2, -0.15) is 0 Å². The fourth-order valence-electron chi connectivity index (χ4n) is 5.85. The van der Waals surface area contributed by atoms with Gasteiger partial charge in [0.1, 0.15) is 17.3 Å². The van der Waals surface area contributed by atoms with Crippen molar-refractivity contribution in [2.45, 2.75) is 98.4 Å². The molecule has 1 saturated carbocycles. The van der Waals surface area contributed by atoms with E-state index in [-0.39, 0.29) is 23.9 Å². The van der Waals surface area contributed by atoms with Crippen LogP contribution >= 0.6 is 0 Å². The lowest BCUT2D eigenvalue weighted by molar-refractivity contribution is -0.117. The molecule has 1 aliphatic carbocycles. The Kier molecular flexibility index (Phi) is 12.7. The molecule has 3 aliphatic rings. The van der Waals surface area contributed by atoms with Crippen LogP contribution in [0.1, 0.15) is 97.5 Å². The third-order valence-electron chi connectivity index (χ3n) is 8.58. The summed E-state index contributed by atoms with van der Waals surface area (Å²) in [5.41, 5.74) is 5.74. The van der Waals surface area contributed by atoms with Crippen molar-refractivity contribution in [3.63, 3.8) is 0 Å². The molecule has 7 heteroatoms. The van der Waals surface area contributed by atoms with Crippen LogP contribution in [0.15, 0.2) is 64.3 Å². The molecule has 4 rings (SSSR count). The van der Waals surface area contributed by atoms with Crippen molar-refractivity contribution in [3.05, 3.63) is 81.5 Å². The SMILES string of the molecule is C=C1C(OC)=C(C(=C2CCC2)N(C)CC)N2CCC(C)C2=C1C(=O)NCc1ccc(F)cc1F.CCCCCCCC. The van der Waals surface area contributed by atoms with Crippen LogP contribution in [0.25, 0.3) is 0 Å². The van der Waals surface area contributed by atoms with Crippen LogP contribution in [0.5, 0.6) is 0 Å². The van der Waals surface area contributed by atoms with Gasteiger partial charge >= 0.3 is 0 Å². The zero-order chi connectivity index (χ0) is 30.8. The van der Waals surface area contributed by atoms with Gasteiger partial charge in [-0.15, -0.1) is 0 Å². The summed E-state index contributed by atoms with van der Waals surface area (Å²) in [6.45, 7) is 14.6. The summed E-state index contributed by atoms with van der Waals surface area (Å²) in [6, 6.07) is 3.35. The smallest absolute Gasteiger partial charge is 0.254 e. The molecule has 5 nitrogen and oxygen atoms in total. The molecule has 0 bridgehead atoms. The van der Waals surface area contributed by atoms with Gasteiger partial charge in [0.05, 0.1) is 18.4 Å². The Hall–Kier alpha value is -3.09. The molecule has 1 aromatic rings. The lowest BCUT2D eigenvalue weighted by atomic mass is 9.86. The molecule has 1 unspecified atom stereocenters. The Bertz CT molecular complexity index is 1200. The number of ether oxygens (including phenoxy) is 1. The predicted octanol–water partition coefficient (Wildman–Crippen LogP) is 8.36. The third-order valence-corrected chi connectivity index (χ3v) is 8.58. The number of benzene rings is 1. The van der Waals surface area contributed by atoms with E-state index < -0.39 is 11.6 Å². The van der Waals surface area contributed by atoms with E-state index in [0.29, 0.717) is 16.9 Å². The molecule has 0 aromatic heterocycles. The number of carbonyl (C=O) groups excluding carboxylic acids is 1. The number of likely N-dealkylation sites (N-methyl/N-ethyl adjacent to an activating group) is 1. The number of unbranched alkanes of at least 4 members (excludes halogenated alkanes) is 5. The van der Waals surface area contributed by atoms with Crippen LogP contribution in [0.4, 0.5) is 8.78 Å². The highest BCUT2D eigenvalue weighted by Crippen LogP contribution is 2.47. The Labute approximate surface area is 252 Å². The van der Waals surface area contributed by atoms with Crippen molar-refractivity contribution in [1.29, 1.82) is 0 Å². The lowest BCUT2D eigenvalue weighted by Gasteiger charge is -2.40. The van der Waals surface area contributed by atoms with Gasteiger partial charge in [-0.25, -0.2) is 8.78 Å². The number of halogens is 2. The molecule has 0 radical (unpaired) electrons. The zero-order valence-corrected chi connectivity index (χ0v) is 26.7. The van der Waals surface area contributed by atoms with Crippen LogP contribution < -0.4 is 5.32 Å². The maximum absolute atomic E-state index is 14.1. The molecule has 0 spiro atoms. The zero-order valence-electron chi connectivity index (χ0n) is 26.7.